The summed E-state index contributed by atoms with van der Waals surface area (Å²) in [6.07, 6.45) is 0. The van der Waals surface area contributed by atoms with Crippen molar-refractivity contribution in [3.8, 4) is 0 Å². The van der Waals surface area contributed by atoms with Crippen molar-refractivity contribution in [1.29, 1.82) is 0 Å². The first-order valence-corrected chi connectivity index (χ1v) is 6.89. The van der Waals surface area contributed by atoms with E-state index >= 15 is 0 Å². The highest BCUT2D eigenvalue weighted by Gasteiger charge is 2.42. The molecule has 0 saturated carbocycles. The molecular formula is C7H10N2O3S2. The van der Waals surface area contributed by atoms with Crippen LogP contribution in [0.4, 0.5) is 0 Å². The molecule has 1 saturated heterocycles. The average molecular weight is 234 g/mol. The molecule has 78 valence electrons. The Morgan fingerprint density at radius 2 is 2.29 bits per heavy atom. The molecule has 2 rings (SSSR count). The Balaban J connectivity index is 2.08. The minimum absolute atomic E-state index is 0.00171. The summed E-state index contributed by atoms with van der Waals surface area (Å²) in [6, 6.07) is -0.160. The molecule has 0 spiro atoms. The summed E-state index contributed by atoms with van der Waals surface area (Å²) < 4.78 is 22.4. The summed E-state index contributed by atoms with van der Waals surface area (Å²) >= 11 is 1.35. The Bertz CT molecular complexity index is 401. The highest BCUT2D eigenvalue weighted by Crippen LogP contribution is 2.33. The molecule has 1 N–H and O–H groups in total. The van der Waals surface area contributed by atoms with E-state index in [1.807, 2.05) is 0 Å². The lowest BCUT2D eigenvalue weighted by Gasteiger charge is -2.02. The van der Waals surface area contributed by atoms with Gasteiger partial charge in [0.2, 0.25) is 5.91 Å². The standard InChI is InChI=1S/C7H10N2O3S2/c1-4(10)8-7-9-5-2-14(11,12)3-6(5)13-7/h5-6H,2-3H2,1H3,(H,8,9,10)/t5-,6+/m0/s1. The fourth-order valence-electron chi connectivity index (χ4n) is 1.57. The smallest absolute Gasteiger partial charge is 0.222 e. The Labute approximate surface area is 86.3 Å². The highest BCUT2D eigenvalue weighted by molar-refractivity contribution is 8.15. The van der Waals surface area contributed by atoms with Crippen LogP contribution in [0.5, 0.6) is 0 Å². The molecule has 5 nitrogen and oxygen atoms in total. The number of rotatable bonds is 0. The maximum atomic E-state index is 11.2. The van der Waals surface area contributed by atoms with Crippen molar-refractivity contribution in [1.82, 2.24) is 5.32 Å². The summed E-state index contributed by atoms with van der Waals surface area (Å²) in [5, 5.41) is 3.14. The third-order valence-corrected chi connectivity index (χ3v) is 5.24. The van der Waals surface area contributed by atoms with Gasteiger partial charge in [0.05, 0.1) is 17.5 Å². The fraction of sp³-hybridized carbons (Fsp3) is 0.714. The molecule has 7 heteroatoms. The molecule has 0 aromatic carbocycles. The number of nitrogens with one attached hydrogen (secondary N) is 1. The van der Waals surface area contributed by atoms with Gasteiger partial charge in [-0.1, -0.05) is 11.8 Å². The normalized spacial score (nSPS) is 33.6. The number of amides is 1. The second-order valence-electron chi connectivity index (χ2n) is 3.42. The number of amidine groups is 1. The van der Waals surface area contributed by atoms with Crippen molar-refractivity contribution in [2.75, 3.05) is 11.5 Å². The number of nitrogens with zero attached hydrogens (tertiary/aromatic N) is 1. The number of sulfone groups is 1. The summed E-state index contributed by atoms with van der Waals surface area (Å²) in [5.74, 6) is 0.127. The largest absolute Gasteiger partial charge is 0.306 e. The SMILES string of the molecule is CC(=O)NC1=N[C@H]2CS(=O)(=O)C[C@H]2S1. The first-order chi connectivity index (χ1) is 6.46. The van der Waals surface area contributed by atoms with E-state index in [4.69, 9.17) is 0 Å². The molecule has 2 heterocycles. The number of hydrogen-bond donors (Lipinski definition) is 1. The molecule has 0 unspecified atom stereocenters. The van der Waals surface area contributed by atoms with Gasteiger partial charge in [-0.15, -0.1) is 0 Å². The minimum atomic E-state index is -2.90. The van der Waals surface area contributed by atoms with Crippen LogP contribution in [-0.2, 0) is 14.6 Å². The van der Waals surface area contributed by atoms with Gasteiger partial charge in [0.15, 0.2) is 15.0 Å². The Hall–Kier alpha value is -0.560. The van der Waals surface area contributed by atoms with Crippen LogP contribution in [0.1, 0.15) is 6.92 Å². The lowest BCUT2D eigenvalue weighted by Crippen LogP contribution is -2.25. The maximum absolute atomic E-state index is 11.2. The summed E-state index contributed by atoms with van der Waals surface area (Å²) in [7, 11) is -2.90. The number of carbonyl (C=O) groups is 1. The van der Waals surface area contributed by atoms with Gasteiger partial charge < -0.3 is 5.32 Å². The van der Waals surface area contributed by atoms with Crippen molar-refractivity contribution in [3.63, 3.8) is 0 Å². The van der Waals surface area contributed by atoms with E-state index in [9.17, 15) is 13.2 Å². The number of hydrogen-bond acceptors (Lipinski definition) is 5. The van der Waals surface area contributed by atoms with Gasteiger partial charge in [-0.3, -0.25) is 9.79 Å². The van der Waals surface area contributed by atoms with Crippen molar-refractivity contribution in [2.45, 2.75) is 18.2 Å². The van der Waals surface area contributed by atoms with Gasteiger partial charge in [-0.05, 0) is 0 Å². The van der Waals surface area contributed by atoms with Crippen molar-refractivity contribution in [2.24, 2.45) is 4.99 Å². The van der Waals surface area contributed by atoms with Gasteiger partial charge in [0.1, 0.15) is 0 Å². The summed E-state index contributed by atoms with van der Waals surface area (Å²) in [6.45, 7) is 1.41. The molecule has 0 aromatic rings. The number of fused-ring (bicyclic) bond motifs is 1. The highest BCUT2D eigenvalue weighted by atomic mass is 32.2. The molecule has 1 amide bonds. The molecule has 0 aliphatic carbocycles. The zero-order valence-corrected chi connectivity index (χ0v) is 9.19. The van der Waals surface area contributed by atoms with Gasteiger partial charge in [-0.25, -0.2) is 8.42 Å². The van der Waals surface area contributed by atoms with E-state index < -0.39 is 9.84 Å². The third-order valence-electron chi connectivity index (χ3n) is 2.10. The maximum Gasteiger partial charge on any atom is 0.222 e. The molecule has 2 aliphatic rings. The zero-order chi connectivity index (χ0) is 10.3. The van der Waals surface area contributed by atoms with Gasteiger partial charge >= 0.3 is 0 Å². The monoisotopic (exact) mass is 234 g/mol. The van der Waals surface area contributed by atoms with Gasteiger partial charge in [0, 0.05) is 12.2 Å². The van der Waals surface area contributed by atoms with Crippen molar-refractivity contribution >= 4 is 32.7 Å². The van der Waals surface area contributed by atoms with Crippen LogP contribution < -0.4 is 5.32 Å². The van der Waals surface area contributed by atoms with E-state index in [0.29, 0.717) is 5.17 Å². The van der Waals surface area contributed by atoms with Crippen LogP contribution in [0, 0.1) is 0 Å². The molecule has 0 bridgehead atoms. The first-order valence-electron chi connectivity index (χ1n) is 4.19. The second kappa shape index (κ2) is 3.23. The lowest BCUT2D eigenvalue weighted by molar-refractivity contribution is -0.117. The number of thioether (sulfide) groups is 1. The molecule has 2 atom stereocenters. The minimum Gasteiger partial charge on any atom is -0.306 e. The average Bonchev–Trinajstić information content (AvgIpc) is 2.38. The van der Waals surface area contributed by atoms with Crippen LogP contribution in [0.2, 0.25) is 0 Å². The number of carbonyl (C=O) groups excluding carboxylic acids is 1. The van der Waals surface area contributed by atoms with Crippen LogP contribution in [0.15, 0.2) is 4.99 Å². The predicted molar refractivity (Wildman–Crippen MR) is 55.1 cm³/mol. The molecule has 2 aliphatic heterocycles. The first kappa shape index (κ1) is 9.97. The molecule has 14 heavy (non-hydrogen) atoms. The van der Waals surface area contributed by atoms with Crippen LogP contribution in [0.3, 0.4) is 0 Å². The predicted octanol–water partition coefficient (Wildman–Crippen LogP) is -0.609. The van der Waals surface area contributed by atoms with Crippen LogP contribution in [-0.4, -0.2) is 42.3 Å². The lowest BCUT2D eigenvalue weighted by atomic mass is 10.3. The van der Waals surface area contributed by atoms with E-state index in [1.54, 1.807) is 0 Å². The molecule has 0 radical (unpaired) electrons. The van der Waals surface area contributed by atoms with Crippen molar-refractivity contribution in [3.05, 3.63) is 0 Å². The third kappa shape index (κ3) is 1.93. The van der Waals surface area contributed by atoms with E-state index in [-0.39, 0.29) is 28.7 Å². The molecule has 0 aromatic heterocycles. The van der Waals surface area contributed by atoms with E-state index in [0.717, 1.165) is 0 Å². The Kier molecular flexibility index (Phi) is 2.30. The molecule has 1 fully saturated rings. The van der Waals surface area contributed by atoms with Gasteiger partial charge in [-0.2, -0.15) is 0 Å². The van der Waals surface area contributed by atoms with E-state index in [2.05, 4.69) is 10.3 Å². The van der Waals surface area contributed by atoms with E-state index in [1.165, 1.54) is 18.7 Å². The quantitative estimate of drug-likeness (QED) is 0.607. The molecular weight excluding hydrogens is 224 g/mol. The fourth-order valence-corrected chi connectivity index (χ4v) is 5.27. The summed E-state index contributed by atoms with van der Waals surface area (Å²) in [5.41, 5.74) is 0. The number of aliphatic imine (C=N–C) groups is 1. The second-order valence-corrected chi connectivity index (χ2v) is 6.80. The Morgan fingerprint density at radius 3 is 2.86 bits per heavy atom. The Morgan fingerprint density at radius 1 is 1.57 bits per heavy atom. The van der Waals surface area contributed by atoms with Crippen molar-refractivity contribution < 1.29 is 13.2 Å². The topological polar surface area (TPSA) is 75.6 Å². The van der Waals surface area contributed by atoms with Crippen LogP contribution >= 0.6 is 11.8 Å². The van der Waals surface area contributed by atoms with Gasteiger partial charge in [0.25, 0.3) is 0 Å². The van der Waals surface area contributed by atoms with Crippen LogP contribution in [0.25, 0.3) is 0 Å². The summed E-state index contributed by atoms with van der Waals surface area (Å²) in [4.78, 5) is 14.9. The zero-order valence-electron chi connectivity index (χ0n) is 7.56.